The number of amides is 2. The molecule has 1 aromatic heterocycles. The summed E-state index contributed by atoms with van der Waals surface area (Å²) in [5, 5.41) is 6.11. The summed E-state index contributed by atoms with van der Waals surface area (Å²) < 4.78 is 38.0. The second kappa shape index (κ2) is 10.7. The van der Waals surface area contributed by atoms with Crippen LogP contribution in [0.15, 0.2) is 68.7 Å². The van der Waals surface area contributed by atoms with Gasteiger partial charge in [0.1, 0.15) is 10.7 Å². The number of nitrogens with zero attached hydrogens (tertiary/aromatic N) is 2. The number of hydrogen-bond acceptors (Lipinski definition) is 9. The number of aromatic nitrogens is 1. The molecule has 11 nitrogen and oxygen atoms in total. The Hall–Kier alpha value is -4.16. The van der Waals surface area contributed by atoms with E-state index in [-0.39, 0.29) is 39.4 Å². The number of imide groups is 1. The fourth-order valence-corrected chi connectivity index (χ4v) is 4.76. The van der Waals surface area contributed by atoms with Crippen LogP contribution in [0.5, 0.6) is 0 Å². The molecule has 0 atom stereocenters. The molecule has 1 aliphatic heterocycles. The van der Waals surface area contributed by atoms with Crippen molar-refractivity contribution >= 4 is 56.7 Å². The van der Waals surface area contributed by atoms with Crippen LogP contribution in [-0.2, 0) is 24.3 Å². The van der Waals surface area contributed by atoms with Gasteiger partial charge < -0.3 is 14.6 Å². The number of carbonyl (C=O) groups is 3. The molecule has 0 saturated heterocycles. The van der Waals surface area contributed by atoms with E-state index in [1.54, 1.807) is 26.0 Å². The van der Waals surface area contributed by atoms with Crippen molar-refractivity contribution in [2.45, 2.75) is 32.1 Å². The maximum absolute atomic E-state index is 13.2. The lowest BCUT2D eigenvalue weighted by atomic mass is 10.1. The number of rotatable bonds is 9. The number of para-hydroxylation sites is 1. The fraction of sp³-hybridized carbons (Fsp3) is 0.200. The minimum atomic E-state index is -3.98. The lowest BCUT2D eigenvalue weighted by molar-refractivity contribution is -0.120. The number of esters is 1. The molecular formula is C25H23ClN4O7S. The quantitative estimate of drug-likeness (QED) is 0.292. The molecule has 2 amide bonds. The van der Waals surface area contributed by atoms with E-state index in [0.717, 1.165) is 4.90 Å². The highest BCUT2D eigenvalue weighted by Crippen LogP contribution is 2.33. The highest BCUT2D eigenvalue weighted by molar-refractivity contribution is 7.92. The van der Waals surface area contributed by atoms with Gasteiger partial charge in [-0.3, -0.25) is 9.59 Å². The van der Waals surface area contributed by atoms with Crippen molar-refractivity contribution in [1.29, 1.82) is 0 Å². The van der Waals surface area contributed by atoms with Crippen molar-refractivity contribution in [2.24, 2.45) is 0 Å². The first-order chi connectivity index (χ1) is 18.0. The van der Waals surface area contributed by atoms with Gasteiger partial charge in [-0.05, 0) is 56.7 Å². The van der Waals surface area contributed by atoms with Crippen LogP contribution in [0.25, 0.3) is 0 Å². The Bertz CT molecular complexity index is 1560. The number of hydrogen-bond donors (Lipinski definition) is 2. The van der Waals surface area contributed by atoms with E-state index in [9.17, 15) is 22.8 Å². The van der Waals surface area contributed by atoms with Crippen molar-refractivity contribution in [3.8, 4) is 0 Å². The molecule has 0 radical (unpaired) electrons. The number of sulfonamides is 1. The molecule has 0 bridgehead atoms. The lowest BCUT2D eigenvalue weighted by Gasteiger charge is -2.18. The lowest BCUT2D eigenvalue weighted by Crippen LogP contribution is -2.33. The first-order valence-corrected chi connectivity index (χ1v) is 13.3. The predicted octanol–water partition coefficient (Wildman–Crippen LogP) is 4.09. The molecule has 13 heteroatoms. The molecule has 38 heavy (non-hydrogen) atoms. The highest BCUT2D eigenvalue weighted by Gasteiger charge is 2.40. The average Bonchev–Trinajstić information content (AvgIpc) is 3.32. The third-order valence-electron chi connectivity index (χ3n) is 5.65. The molecule has 4 rings (SSSR count). The molecule has 0 unspecified atom stereocenters. The SMILES string of the molecule is CCCOC(=O)c1ccccc1N1C(=O)C(Cl)=C(Nc2ccc(S(=O)(=O)Nc3onc(C)c3C)cc2)C1=O. The molecule has 3 aromatic rings. The predicted molar refractivity (Wildman–Crippen MR) is 139 cm³/mol. The van der Waals surface area contributed by atoms with Gasteiger partial charge in [0, 0.05) is 11.3 Å². The van der Waals surface area contributed by atoms with Crippen LogP contribution < -0.4 is 14.9 Å². The molecule has 0 aliphatic carbocycles. The van der Waals surface area contributed by atoms with Crippen LogP contribution in [0.4, 0.5) is 17.3 Å². The van der Waals surface area contributed by atoms with Crippen LogP contribution in [0.1, 0.15) is 35.0 Å². The standard InChI is InChI=1S/C25H23ClN4O7S/c1-4-13-36-25(33)18-7-5-6-8-19(18)30-23(31)20(26)21(24(30)32)27-16-9-11-17(12-10-16)38(34,35)29-22-14(2)15(3)28-37-22/h5-12,27,29H,4,13H2,1-3H3. The zero-order chi connectivity index (χ0) is 27.6. The second-order valence-corrected chi connectivity index (χ2v) is 10.3. The summed E-state index contributed by atoms with van der Waals surface area (Å²) >= 11 is 6.21. The zero-order valence-corrected chi connectivity index (χ0v) is 22.1. The van der Waals surface area contributed by atoms with E-state index in [1.807, 2.05) is 6.92 Å². The second-order valence-electron chi connectivity index (χ2n) is 8.26. The fourth-order valence-electron chi connectivity index (χ4n) is 3.50. The van der Waals surface area contributed by atoms with Crippen LogP contribution in [-0.4, -0.2) is 38.0 Å². The summed E-state index contributed by atoms with van der Waals surface area (Å²) in [5.74, 6) is -2.28. The number of carbonyl (C=O) groups excluding carboxylic acids is 3. The van der Waals surface area contributed by atoms with E-state index in [4.69, 9.17) is 20.9 Å². The normalized spacial score (nSPS) is 13.7. The maximum Gasteiger partial charge on any atom is 0.340 e. The Labute approximate surface area is 223 Å². The number of ether oxygens (including phenoxy) is 1. The maximum atomic E-state index is 13.2. The van der Waals surface area contributed by atoms with Gasteiger partial charge in [-0.1, -0.05) is 35.8 Å². The van der Waals surface area contributed by atoms with Gasteiger partial charge in [-0.25, -0.2) is 22.8 Å². The number of nitrogens with one attached hydrogen (secondary N) is 2. The molecule has 0 saturated carbocycles. The van der Waals surface area contributed by atoms with E-state index in [0.29, 0.717) is 23.4 Å². The third-order valence-corrected chi connectivity index (χ3v) is 7.35. The van der Waals surface area contributed by atoms with Gasteiger partial charge in [0.05, 0.1) is 28.4 Å². The van der Waals surface area contributed by atoms with E-state index in [2.05, 4.69) is 15.2 Å². The highest BCUT2D eigenvalue weighted by atomic mass is 35.5. The molecule has 2 N–H and O–H groups in total. The number of anilines is 3. The molecule has 2 heterocycles. The summed E-state index contributed by atoms with van der Waals surface area (Å²) in [6.07, 6.45) is 0.604. The van der Waals surface area contributed by atoms with Crippen LogP contribution >= 0.6 is 11.6 Å². The zero-order valence-electron chi connectivity index (χ0n) is 20.6. The van der Waals surface area contributed by atoms with E-state index in [1.165, 1.54) is 36.4 Å². The first kappa shape index (κ1) is 26.9. The minimum absolute atomic E-state index is 0.00986. The van der Waals surface area contributed by atoms with Gasteiger partial charge in [-0.15, -0.1) is 0 Å². The van der Waals surface area contributed by atoms with Gasteiger partial charge in [0.25, 0.3) is 21.8 Å². The van der Waals surface area contributed by atoms with Gasteiger partial charge in [0.2, 0.25) is 5.88 Å². The summed E-state index contributed by atoms with van der Waals surface area (Å²) in [6.45, 7) is 5.37. The number of aryl methyl sites for hydroxylation is 1. The third kappa shape index (κ3) is 5.13. The van der Waals surface area contributed by atoms with E-state index < -0.39 is 27.8 Å². The number of halogens is 1. The topological polar surface area (TPSA) is 148 Å². The summed E-state index contributed by atoms with van der Waals surface area (Å²) in [5.41, 5.74) is 1.24. The van der Waals surface area contributed by atoms with Gasteiger partial charge in [-0.2, -0.15) is 0 Å². The average molecular weight is 559 g/mol. The van der Waals surface area contributed by atoms with Crippen molar-refractivity contribution in [3.63, 3.8) is 0 Å². The van der Waals surface area contributed by atoms with Crippen molar-refractivity contribution < 1.29 is 32.1 Å². The van der Waals surface area contributed by atoms with Crippen LogP contribution in [0.3, 0.4) is 0 Å². The molecule has 198 valence electrons. The Kier molecular flexibility index (Phi) is 7.56. The Morgan fingerprint density at radius 2 is 1.76 bits per heavy atom. The van der Waals surface area contributed by atoms with E-state index >= 15 is 0 Å². The molecule has 2 aromatic carbocycles. The summed E-state index contributed by atoms with van der Waals surface area (Å²) in [6, 6.07) is 11.5. The van der Waals surface area contributed by atoms with Gasteiger partial charge in [0.15, 0.2) is 0 Å². The van der Waals surface area contributed by atoms with Crippen molar-refractivity contribution in [1.82, 2.24) is 5.16 Å². The Morgan fingerprint density at radius 1 is 1.08 bits per heavy atom. The Balaban J connectivity index is 1.54. The minimum Gasteiger partial charge on any atom is -0.462 e. The smallest absolute Gasteiger partial charge is 0.340 e. The van der Waals surface area contributed by atoms with Crippen LogP contribution in [0, 0.1) is 13.8 Å². The molecule has 1 aliphatic rings. The van der Waals surface area contributed by atoms with Gasteiger partial charge >= 0.3 is 5.97 Å². The molecule has 0 fully saturated rings. The summed E-state index contributed by atoms with van der Waals surface area (Å²) in [4.78, 5) is 39.3. The monoisotopic (exact) mass is 558 g/mol. The van der Waals surface area contributed by atoms with Crippen molar-refractivity contribution in [3.05, 3.63) is 76.1 Å². The Morgan fingerprint density at radius 3 is 2.39 bits per heavy atom. The largest absolute Gasteiger partial charge is 0.462 e. The number of benzene rings is 2. The molecule has 0 spiro atoms. The first-order valence-electron chi connectivity index (χ1n) is 11.4. The van der Waals surface area contributed by atoms with Crippen LogP contribution in [0.2, 0.25) is 0 Å². The summed E-state index contributed by atoms with van der Waals surface area (Å²) in [7, 11) is -3.98. The van der Waals surface area contributed by atoms with Crippen molar-refractivity contribution in [2.75, 3.05) is 21.5 Å². The molecular weight excluding hydrogens is 536 g/mol.